The normalized spacial score (nSPS) is 12.7. The molecule has 0 aromatic heterocycles. The first-order valence-corrected chi connectivity index (χ1v) is 8.28. The minimum absolute atomic E-state index is 0.212. The van der Waals surface area contributed by atoms with Crippen molar-refractivity contribution in [2.24, 2.45) is 0 Å². The van der Waals surface area contributed by atoms with Crippen molar-refractivity contribution in [1.82, 2.24) is 0 Å². The number of hydrogen-bond donors (Lipinski definition) is 0. The molecule has 3 rings (SSSR count). The van der Waals surface area contributed by atoms with Crippen molar-refractivity contribution in [1.29, 1.82) is 0 Å². The van der Waals surface area contributed by atoms with Gasteiger partial charge in [-0.3, -0.25) is 4.90 Å². The van der Waals surface area contributed by atoms with E-state index in [1.54, 1.807) is 11.0 Å². The largest absolute Gasteiger partial charge is 0.465 e. The van der Waals surface area contributed by atoms with Gasteiger partial charge < -0.3 is 9.47 Å². The molecule has 0 bridgehead atoms. The van der Waals surface area contributed by atoms with Crippen molar-refractivity contribution in [3.8, 4) is 0 Å². The predicted octanol–water partition coefficient (Wildman–Crippen LogP) is 3.94. The van der Waals surface area contributed by atoms with Crippen LogP contribution in [0.1, 0.15) is 21.5 Å². The molecule has 2 aromatic carbocycles. The van der Waals surface area contributed by atoms with Crippen LogP contribution >= 0.6 is 15.9 Å². The molecule has 0 radical (unpaired) electrons. The average molecular weight is 390 g/mol. The molecule has 24 heavy (non-hydrogen) atoms. The molecule has 5 nitrogen and oxygen atoms in total. The molecule has 0 atom stereocenters. The fourth-order valence-electron chi connectivity index (χ4n) is 2.75. The second-order valence-corrected chi connectivity index (χ2v) is 6.30. The SMILES string of the molecule is COC(=O)c1cc(Br)cc2c1CCN2C(=O)OCc1ccccc1. The Hall–Kier alpha value is -2.34. The molecule has 0 fully saturated rings. The standard InChI is InChI=1S/C18H16BrNO4/c1-23-17(21)15-9-13(19)10-16-14(15)7-8-20(16)18(22)24-11-12-5-3-2-4-6-12/h2-6,9-10H,7-8,11H2,1H3. The summed E-state index contributed by atoms with van der Waals surface area (Å²) in [5.41, 5.74) is 2.89. The van der Waals surface area contributed by atoms with E-state index in [4.69, 9.17) is 9.47 Å². The highest BCUT2D eigenvalue weighted by molar-refractivity contribution is 9.10. The summed E-state index contributed by atoms with van der Waals surface area (Å²) in [5, 5.41) is 0. The van der Waals surface area contributed by atoms with Crippen molar-refractivity contribution in [2.75, 3.05) is 18.6 Å². The van der Waals surface area contributed by atoms with Gasteiger partial charge in [0, 0.05) is 11.0 Å². The van der Waals surface area contributed by atoms with Gasteiger partial charge in [0.2, 0.25) is 0 Å². The average Bonchev–Trinajstić information content (AvgIpc) is 3.02. The first-order chi connectivity index (χ1) is 11.6. The highest BCUT2D eigenvalue weighted by Gasteiger charge is 2.30. The summed E-state index contributed by atoms with van der Waals surface area (Å²) in [6.07, 6.45) is 0.166. The lowest BCUT2D eigenvalue weighted by Gasteiger charge is -2.18. The van der Waals surface area contributed by atoms with Gasteiger partial charge in [-0.25, -0.2) is 9.59 Å². The van der Waals surface area contributed by atoms with Gasteiger partial charge >= 0.3 is 12.1 Å². The third-order valence-electron chi connectivity index (χ3n) is 3.90. The Labute approximate surface area is 148 Å². The number of amides is 1. The molecule has 1 aliphatic heterocycles. The topological polar surface area (TPSA) is 55.8 Å². The Morgan fingerprint density at radius 1 is 1.21 bits per heavy atom. The number of anilines is 1. The van der Waals surface area contributed by atoms with Crippen LogP contribution in [-0.4, -0.2) is 25.7 Å². The van der Waals surface area contributed by atoms with E-state index in [9.17, 15) is 9.59 Å². The molecule has 0 aliphatic carbocycles. The van der Waals surface area contributed by atoms with Crippen LogP contribution in [0.4, 0.5) is 10.5 Å². The summed E-state index contributed by atoms with van der Waals surface area (Å²) in [5.74, 6) is -0.410. The van der Waals surface area contributed by atoms with Gasteiger partial charge in [0.05, 0.1) is 18.4 Å². The Morgan fingerprint density at radius 2 is 1.96 bits per heavy atom. The summed E-state index contributed by atoms with van der Waals surface area (Å²) < 4.78 is 10.9. The molecule has 2 aromatic rings. The number of halogens is 1. The van der Waals surface area contributed by atoms with Crippen LogP contribution in [0.5, 0.6) is 0 Å². The number of esters is 1. The summed E-state index contributed by atoms with van der Waals surface area (Å²) in [7, 11) is 1.34. The second kappa shape index (κ2) is 7.05. The quantitative estimate of drug-likeness (QED) is 0.746. The third-order valence-corrected chi connectivity index (χ3v) is 4.36. The number of carbonyl (C=O) groups is 2. The molecule has 0 spiro atoms. The number of carbonyl (C=O) groups excluding carboxylic acids is 2. The number of methoxy groups -OCH3 is 1. The van der Waals surface area contributed by atoms with Gasteiger partial charge in [0.1, 0.15) is 6.61 Å². The molecule has 0 saturated carbocycles. The van der Waals surface area contributed by atoms with E-state index >= 15 is 0 Å². The molecule has 1 heterocycles. The number of ether oxygens (including phenoxy) is 2. The van der Waals surface area contributed by atoms with Crippen molar-refractivity contribution in [2.45, 2.75) is 13.0 Å². The molecule has 0 N–H and O–H groups in total. The molecule has 1 aliphatic rings. The van der Waals surface area contributed by atoms with E-state index in [2.05, 4.69) is 15.9 Å². The van der Waals surface area contributed by atoms with Gasteiger partial charge in [0.25, 0.3) is 0 Å². The summed E-state index contributed by atoms with van der Waals surface area (Å²) in [6.45, 7) is 0.687. The molecule has 1 amide bonds. The zero-order valence-electron chi connectivity index (χ0n) is 13.1. The van der Waals surface area contributed by atoms with Crippen molar-refractivity contribution in [3.05, 3.63) is 63.6 Å². The van der Waals surface area contributed by atoms with Gasteiger partial charge in [-0.1, -0.05) is 46.3 Å². The van der Waals surface area contributed by atoms with Crippen molar-refractivity contribution < 1.29 is 19.1 Å². The fraction of sp³-hybridized carbons (Fsp3) is 0.222. The highest BCUT2D eigenvalue weighted by atomic mass is 79.9. The van der Waals surface area contributed by atoms with Gasteiger partial charge in [-0.05, 0) is 29.7 Å². The number of benzene rings is 2. The van der Waals surface area contributed by atoms with E-state index in [-0.39, 0.29) is 6.61 Å². The fourth-order valence-corrected chi connectivity index (χ4v) is 3.19. The van der Waals surface area contributed by atoms with Gasteiger partial charge in [0.15, 0.2) is 0 Å². The summed E-state index contributed by atoms with van der Waals surface area (Å²) in [6, 6.07) is 13.0. The Kier molecular flexibility index (Phi) is 4.85. The second-order valence-electron chi connectivity index (χ2n) is 5.38. The highest BCUT2D eigenvalue weighted by Crippen LogP contribution is 2.35. The smallest absolute Gasteiger partial charge is 0.414 e. The molecule has 6 heteroatoms. The molecule has 0 unspecified atom stereocenters. The van der Waals surface area contributed by atoms with Crippen LogP contribution in [-0.2, 0) is 22.5 Å². The van der Waals surface area contributed by atoms with E-state index in [0.29, 0.717) is 28.7 Å². The van der Waals surface area contributed by atoms with Crippen LogP contribution in [0.25, 0.3) is 0 Å². The van der Waals surface area contributed by atoms with E-state index in [0.717, 1.165) is 11.1 Å². The number of nitrogens with zero attached hydrogens (tertiary/aromatic N) is 1. The van der Waals surface area contributed by atoms with Crippen LogP contribution in [0.2, 0.25) is 0 Å². The maximum absolute atomic E-state index is 12.4. The Bertz CT molecular complexity index is 776. The predicted molar refractivity (Wildman–Crippen MR) is 93.2 cm³/mol. The zero-order chi connectivity index (χ0) is 17.1. The minimum Gasteiger partial charge on any atom is -0.465 e. The lowest BCUT2D eigenvalue weighted by atomic mass is 10.1. The van der Waals surface area contributed by atoms with E-state index < -0.39 is 12.1 Å². The maximum atomic E-state index is 12.4. The zero-order valence-corrected chi connectivity index (χ0v) is 14.7. The molecule has 0 saturated heterocycles. The van der Waals surface area contributed by atoms with Crippen LogP contribution < -0.4 is 4.90 Å². The Morgan fingerprint density at radius 3 is 2.67 bits per heavy atom. The number of hydrogen-bond acceptors (Lipinski definition) is 4. The first-order valence-electron chi connectivity index (χ1n) is 7.49. The van der Waals surface area contributed by atoms with Gasteiger partial charge in [-0.15, -0.1) is 0 Å². The minimum atomic E-state index is -0.425. The summed E-state index contributed by atoms with van der Waals surface area (Å²) >= 11 is 3.38. The Balaban J connectivity index is 1.80. The van der Waals surface area contributed by atoms with E-state index in [1.807, 2.05) is 36.4 Å². The lowest BCUT2D eigenvalue weighted by Crippen LogP contribution is -2.29. The van der Waals surface area contributed by atoms with Crippen LogP contribution in [0.15, 0.2) is 46.9 Å². The number of fused-ring (bicyclic) bond motifs is 1. The molecule has 124 valence electrons. The molecular weight excluding hydrogens is 374 g/mol. The first kappa shape index (κ1) is 16.5. The monoisotopic (exact) mass is 389 g/mol. The van der Waals surface area contributed by atoms with Crippen LogP contribution in [0, 0.1) is 0 Å². The lowest BCUT2D eigenvalue weighted by molar-refractivity contribution is 0.0599. The number of rotatable bonds is 3. The van der Waals surface area contributed by atoms with E-state index in [1.165, 1.54) is 7.11 Å². The van der Waals surface area contributed by atoms with Crippen molar-refractivity contribution >= 4 is 33.7 Å². The third kappa shape index (κ3) is 3.28. The molecular formula is C18H16BrNO4. The van der Waals surface area contributed by atoms with Gasteiger partial charge in [-0.2, -0.15) is 0 Å². The maximum Gasteiger partial charge on any atom is 0.414 e. The summed E-state index contributed by atoms with van der Waals surface area (Å²) in [4.78, 5) is 25.9. The van der Waals surface area contributed by atoms with Crippen molar-refractivity contribution in [3.63, 3.8) is 0 Å². The van der Waals surface area contributed by atoms with Crippen LogP contribution in [0.3, 0.4) is 0 Å².